The number of alkyl halides is 3. The maximum Gasteiger partial charge on any atom is 0.427 e. The molecule has 0 fully saturated rings. The number of halogens is 3. The van der Waals surface area contributed by atoms with E-state index in [0.717, 1.165) is 16.9 Å². The quantitative estimate of drug-likeness (QED) is 0.887. The molecule has 3 nitrogen and oxygen atoms in total. The zero-order valence-corrected chi connectivity index (χ0v) is 12.6. The van der Waals surface area contributed by atoms with Gasteiger partial charge in [-0.3, -0.25) is 0 Å². The zero-order valence-electron chi connectivity index (χ0n) is 11.0. The zero-order chi connectivity index (χ0) is 14.8. The second kappa shape index (κ2) is 6.09. The largest absolute Gasteiger partial charge is 0.427 e. The first kappa shape index (κ1) is 15.2. The molecule has 0 radical (unpaired) electrons. The fourth-order valence-corrected chi connectivity index (χ4v) is 3.07. The van der Waals surface area contributed by atoms with Crippen molar-refractivity contribution in [3.63, 3.8) is 0 Å². The topological polar surface area (TPSA) is 37.8 Å². The molecule has 0 aromatic carbocycles. The number of nitrogens with one attached hydrogen (secondary N) is 1. The van der Waals surface area contributed by atoms with Crippen molar-refractivity contribution in [3.8, 4) is 0 Å². The van der Waals surface area contributed by atoms with Crippen molar-refractivity contribution in [2.24, 2.45) is 0 Å². The van der Waals surface area contributed by atoms with Gasteiger partial charge in [0.25, 0.3) is 0 Å². The molecule has 0 aliphatic rings. The van der Waals surface area contributed by atoms with Gasteiger partial charge in [0, 0.05) is 24.3 Å². The van der Waals surface area contributed by atoms with Crippen LogP contribution in [-0.4, -0.2) is 16.5 Å². The molecular formula is C12H14F3N3S2. The van der Waals surface area contributed by atoms with Gasteiger partial charge in [-0.25, -0.2) is 9.97 Å². The molecule has 1 N–H and O–H groups in total. The fraction of sp³-hybridized carbons (Fsp3) is 0.500. The summed E-state index contributed by atoms with van der Waals surface area (Å²) >= 11 is 2.23. The fourth-order valence-electron chi connectivity index (χ4n) is 1.49. The van der Waals surface area contributed by atoms with Crippen molar-refractivity contribution >= 4 is 27.8 Å². The first-order valence-electron chi connectivity index (χ1n) is 6.07. The molecule has 0 saturated heterocycles. The van der Waals surface area contributed by atoms with E-state index in [1.165, 1.54) is 0 Å². The van der Waals surface area contributed by atoms with Gasteiger partial charge in [-0.2, -0.15) is 13.2 Å². The maximum atomic E-state index is 12.4. The highest BCUT2D eigenvalue weighted by Gasteiger charge is 2.33. The number of rotatable bonds is 5. The predicted molar refractivity (Wildman–Crippen MR) is 75.5 cm³/mol. The first-order valence-corrected chi connectivity index (χ1v) is 7.77. The summed E-state index contributed by atoms with van der Waals surface area (Å²) in [7, 11) is 0. The molecular weight excluding hydrogens is 307 g/mol. The third kappa shape index (κ3) is 3.92. The highest BCUT2D eigenvalue weighted by Crippen LogP contribution is 2.34. The number of hydrogen-bond acceptors (Lipinski definition) is 5. The summed E-state index contributed by atoms with van der Waals surface area (Å²) in [5.74, 6) is 0.398. The third-order valence-electron chi connectivity index (χ3n) is 2.51. The number of anilines is 1. The van der Waals surface area contributed by atoms with Crippen LogP contribution >= 0.6 is 22.7 Å². The number of nitrogens with zero attached hydrogens (tertiary/aromatic N) is 2. The Kier molecular flexibility index (Phi) is 4.64. The lowest BCUT2D eigenvalue weighted by Gasteiger charge is -2.01. The summed E-state index contributed by atoms with van der Waals surface area (Å²) in [6.07, 6.45) is -2.80. The Balaban J connectivity index is 1.85. The van der Waals surface area contributed by atoms with Gasteiger partial charge in [0.2, 0.25) is 0 Å². The lowest BCUT2D eigenvalue weighted by atomic mass is 10.2. The predicted octanol–water partition coefficient (Wildman–Crippen LogP) is 4.40. The van der Waals surface area contributed by atoms with Crippen molar-refractivity contribution in [3.05, 3.63) is 27.2 Å². The summed E-state index contributed by atoms with van der Waals surface area (Å²) in [4.78, 5) is 7.50. The third-order valence-corrected chi connectivity index (χ3v) is 4.70. The maximum absolute atomic E-state index is 12.4. The van der Waals surface area contributed by atoms with Gasteiger partial charge in [0.1, 0.15) is 4.88 Å². The van der Waals surface area contributed by atoms with Crippen LogP contribution in [0, 0.1) is 0 Å². The molecule has 2 aromatic rings. The lowest BCUT2D eigenvalue weighted by molar-refractivity contribution is -0.134. The minimum absolute atomic E-state index is 0.289. The van der Waals surface area contributed by atoms with Crippen LogP contribution in [0.15, 0.2) is 11.6 Å². The average Bonchev–Trinajstić information content (AvgIpc) is 2.96. The van der Waals surface area contributed by atoms with E-state index in [2.05, 4.69) is 29.1 Å². The summed E-state index contributed by atoms with van der Waals surface area (Å²) in [5.41, 5.74) is 0.957. The van der Waals surface area contributed by atoms with Crippen LogP contribution in [0.5, 0.6) is 0 Å². The molecule has 2 rings (SSSR count). The van der Waals surface area contributed by atoms with Gasteiger partial charge in [-0.15, -0.1) is 11.3 Å². The van der Waals surface area contributed by atoms with E-state index in [4.69, 9.17) is 0 Å². The molecule has 2 aromatic heterocycles. The molecule has 2 heterocycles. The summed E-state index contributed by atoms with van der Waals surface area (Å²) < 4.78 is 37.2. The molecule has 0 amide bonds. The Morgan fingerprint density at radius 3 is 2.65 bits per heavy atom. The number of aromatic nitrogens is 2. The second-order valence-corrected chi connectivity index (χ2v) is 6.46. The molecule has 0 unspecified atom stereocenters. The van der Waals surface area contributed by atoms with Crippen LogP contribution in [0.25, 0.3) is 0 Å². The SMILES string of the molecule is CC(C)c1nc(CCNc2ncc(C(F)(F)F)s2)cs1. The first-order chi connectivity index (χ1) is 9.36. The molecule has 0 aliphatic carbocycles. The molecule has 20 heavy (non-hydrogen) atoms. The van der Waals surface area contributed by atoms with Crippen LogP contribution in [0.4, 0.5) is 18.3 Å². The van der Waals surface area contributed by atoms with E-state index >= 15 is 0 Å². The van der Waals surface area contributed by atoms with E-state index in [0.29, 0.717) is 30.2 Å². The molecule has 8 heteroatoms. The summed E-state index contributed by atoms with van der Waals surface area (Å²) in [6, 6.07) is 0. The highest BCUT2D eigenvalue weighted by atomic mass is 32.1. The monoisotopic (exact) mass is 321 g/mol. The summed E-state index contributed by atoms with van der Waals surface area (Å²) in [5, 5.41) is 6.25. The Morgan fingerprint density at radius 1 is 1.35 bits per heavy atom. The van der Waals surface area contributed by atoms with Gasteiger partial charge in [-0.05, 0) is 0 Å². The lowest BCUT2D eigenvalue weighted by Crippen LogP contribution is -2.05. The van der Waals surface area contributed by atoms with Crippen molar-refractivity contribution < 1.29 is 13.2 Å². The van der Waals surface area contributed by atoms with Crippen LogP contribution in [0.2, 0.25) is 0 Å². The van der Waals surface area contributed by atoms with E-state index in [1.54, 1.807) is 11.3 Å². The molecule has 0 spiro atoms. The van der Waals surface area contributed by atoms with Gasteiger partial charge in [-0.1, -0.05) is 25.2 Å². The van der Waals surface area contributed by atoms with Crippen LogP contribution < -0.4 is 5.32 Å². The van der Waals surface area contributed by atoms with E-state index in [1.807, 2.05) is 5.38 Å². The molecule has 0 aliphatic heterocycles. The molecule has 0 atom stereocenters. The molecule has 0 bridgehead atoms. The van der Waals surface area contributed by atoms with Crippen molar-refractivity contribution in [1.82, 2.24) is 9.97 Å². The van der Waals surface area contributed by atoms with E-state index in [-0.39, 0.29) is 5.13 Å². The van der Waals surface area contributed by atoms with Crippen molar-refractivity contribution in [2.45, 2.75) is 32.4 Å². The Labute approximate surface area is 122 Å². The molecule has 110 valence electrons. The minimum atomic E-state index is -4.32. The number of thiazole rings is 2. The van der Waals surface area contributed by atoms with Crippen LogP contribution in [0.3, 0.4) is 0 Å². The van der Waals surface area contributed by atoms with Gasteiger partial charge < -0.3 is 5.32 Å². The van der Waals surface area contributed by atoms with Crippen LogP contribution in [0.1, 0.15) is 35.3 Å². The van der Waals surface area contributed by atoms with E-state index in [9.17, 15) is 13.2 Å². The Morgan fingerprint density at radius 2 is 2.10 bits per heavy atom. The van der Waals surface area contributed by atoms with Crippen molar-refractivity contribution in [2.75, 3.05) is 11.9 Å². The Hall–Kier alpha value is -1.15. The summed E-state index contributed by atoms with van der Waals surface area (Å²) in [6.45, 7) is 4.68. The standard InChI is InChI=1S/C12H14F3N3S2/c1-7(2)10-18-8(6-19-10)3-4-16-11-17-5-9(20-11)12(13,14)15/h5-7H,3-4H2,1-2H3,(H,16,17). The van der Waals surface area contributed by atoms with Gasteiger partial charge in [0.05, 0.1) is 16.9 Å². The van der Waals surface area contributed by atoms with Crippen LogP contribution in [-0.2, 0) is 12.6 Å². The Bertz CT molecular complexity index is 560. The highest BCUT2D eigenvalue weighted by molar-refractivity contribution is 7.15. The van der Waals surface area contributed by atoms with Crippen molar-refractivity contribution in [1.29, 1.82) is 0 Å². The number of hydrogen-bond donors (Lipinski definition) is 1. The van der Waals surface area contributed by atoms with Gasteiger partial charge in [0.15, 0.2) is 5.13 Å². The van der Waals surface area contributed by atoms with Gasteiger partial charge >= 0.3 is 6.18 Å². The molecule has 0 saturated carbocycles. The van der Waals surface area contributed by atoms with E-state index < -0.39 is 11.1 Å². The second-order valence-electron chi connectivity index (χ2n) is 4.54. The average molecular weight is 321 g/mol. The normalized spacial score (nSPS) is 12.1. The minimum Gasteiger partial charge on any atom is -0.361 e. The smallest absolute Gasteiger partial charge is 0.361 e.